The Bertz CT molecular complexity index is 4310. The minimum atomic E-state index is 0.878. The maximum Gasteiger partial charge on any atom is 0.143 e. The van der Waals surface area contributed by atoms with Crippen LogP contribution in [-0.4, -0.2) is 4.57 Å². The van der Waals surface area contributed by atoms with E-state index in [2.05, 4.69) is 270 Å². The topological polar surface area (TPSA) is 21.3 Å². The summed E-state index contributed by atoms with van der Waals surface area (Å²) in [7, 11) is 0. The summed E-state index contributed by atoms with van der Waals surface area (Å²) >= 11 is 0. The molecule has 71 heavy (non-hydrogen) atoms. The van der Waals surface area contributed by atoms with Crippen molar-refractivity contribution in [2.75, 3.05) is 4.90 Å². The van der Waals surface area contributed by atoms with Gasteiger partial charge in [0, 0.05) is 49.5 Å². The van der Waals surface area contributed by atoms with Gasteiger partial charge in [-0.25, -0.2) is 0 Å². The quantitative estimate of drug-likeness (QED) is 0.142. The maximum atomic E-state index is 6.73. The smallest absolute Gasteiger partial charge is 0.143 e. The Morgan fingerprint density at radius 2 is 0.789 bits per heavy atom. The van der Waals surface area contributed by atoms with Crippen molar-refractivity contribution in [3.05, 3.63) is 267 Å². The van der Waals surface area contributed by atoms with E-state index in [1.54, 1.807) is 0 Å². The Kier molecular flexibility index (Phi) is 9.53. The average molecular weight is 905 g/mol. The van der Waals surface area contributed by atoms with E-state index in [1.165, 1.54) is 65.6 Å². The molecule has 3 nitrogen and oxygen atoms in total. The van der Waals surface area contributed by atoms with Crippen molar-refractivity contribution in [3.8, 4) is 50.2 Å². The SMILES string of the molecule is c1ccc(-c2ccccc2-n2c3ccccc3c3ccccc32)c(-c2ccc(N(c3ccccc3-c3cc4ccccc4c4ccccc34)c3ccccc3-c3cccc4c3oc3ccccc34)cc2)c1. The van der Waals surface area contributed by atoms with Gasteiger partial charge in [-0.2, -0.15) is 0 Å². The lowest BCUT2D eigenvalue weighted by molar-refractivity contribution is 0.670. The fourth-order valence-electron chi connectivity index (χ4n) is 11.3. The lowest BCUT2D eigenvalue weighted by atomic mass is 9.91. The summed E-state index contributed by atoms with van der Waals surface area (Å²) in [6.07, 6.45) is 0. The second-order valence-electron chi connectivity index (χ2n) is 18.3. The second-order valence-corrected chi connectivity index (χ2v) is 18.3. The highest BCUT2D eigenvalue weighted by molar-refractivity contribution is 6.16. The number of rotatable bonds is 8. The van der Waals surface area contributed by atoms with Crippen LogP contribution in [0.3, 0.4) is 0 Å². The van der Waals surface area contributed by atoms with Gasteiger partial charge in [-0.05, 0) is 98.4 Å². The summed E-state index contributed by atoms with van der Waals surface area (Å²) in [5.41, 5.74) is 17.5. The molecular weight excluding hydrogens is 861 g/mol. The molecule has 0 unspecified atom stereocenters. The number of fused-ring (bicyclic) bond motifs is 9. The highest BCUT2D eigenvalue weighted by atomic mass is 16.3. The molecule has 0 amide bonds. The van der Waals surface area contributed by atoms with Crippen molar-refractivity contribution in [2.45, 2.75) is 0 Å². The highest BCUT2D eigenvalue weighted by Crippen LogP contribution is 2.49. The first kappa shape index (κ1) is 40.6. The Morgan fingerprint density at radius 1 is 0.296 bits per heavy atom. The Balaban J connectivity index is 0.965. The summed E-state index contributed by atoms with van der Waals surface area (Å²) in [6.45, 7) is 0. The molecule has 0 saturated heterocycles. The molecule has 12 aromatic carbocycles. The number of nitrogens with zero attached hydrogens (tertiary/aromatic N) is 2. The zero-order valence-corrected chi connectivity index (χ0v) is 38.7. The molecule has 14 rings (SSSR count). The highest BCUT2D eigenvalue weighted by Gasteiger charge is 2.24. The van der Waals surface area contributed by atoms with Gasteiger partial charge >= 0.3 is 0 Å². The van der Waals surface area contributed by atoms with Crippen LogP contribution in [0.15, 0.2) is 271 Å². The van der Waals surface area contributed by atoms with Crippen molar-refractivity contribution in [3.63, 3.8) is 0 Å². The van der Waals surface area contributed by atoms with Crippen LogP contribution in [0.25, 0.3) is 115 Å². The molecule has 0 N–H and O–H groups in total. The largest absolute Gasteiger partial charge is 0.455 e. The Hall–Kier alpha value is -9.44. The lowest BCUT2D eigenvalue weighted by Crippen LogP contribution is -2.12. The van der Waals surface area contributed by atoms with E-state index in [4.69, 9.17) is 4.42 Å². The number of benzene rings is 12. The van der Waals surface area contributed by atoms with E-state index in [9.17, 15) is 0 Å². The minimum absolute atomic E-state index is 0.878. The third-order valence-corrected chi connectivity index (χ3v) is 14.4. The summed E-state index contributed by atoms with van der Waals surface area (Å²) in [5.74, 6) is 0. The molecule has 14 aromatic rings. The van der Waals surface area contributed by atoms with E-state index in [1.807, 2.05) is 6.07 Å². The summed E-state index contributed by atoms with van der Waals surface area (Å²) < 4.78 is 9.16. The third kappa shape index (κ3) is 6.59. The molecule has 0 radical (unpaired) electrons. The fraction of sp³-hybridized carbons (Fsp3) is 0. The number of anilines is 3. The van der Waals surface area contributed by atoms with Crippen molar-refractivity contribution >= 4 is 82.4 Å². The van der Waals surface area contributed by atoms with Crippen molar-refractivity contribution in [2.24, 2.45) is 0 Å². The predicted molar refractivity (Wildman–Crippen MR) is 299 cm³/mol. The maximum absolute atomic E-state index is 6.73. The minimum Gasteiger partial charge on any atom is -0.455 e. The van der Waals surface area contributed by atoms with Crippen molar-refractivity contribution < 1.29 is 4.42 Å². The van der Waals surface area contributed by atoms with E-state index in [-0.39, 0.29) is 0 Å². The fourth-order valence-corrected chi connectivity index (χ4v) is 11.3. The van der Waals surface area contributed by atoms with Crippen LogP contribution in [-0.2, 0) is 0 Å². The normalized spacial score (nSPS) is 11.7. The zero-order chi connectivity index (χ0) is 46.8. The van der Waals surface area contributed by atoms with E-state index >= 15 is 0 Å². The molecule has 2 aromatic heterocycles. The molecule has 0 bridgehead atoms. The van der Waals surface area contributed by atoms with Crippen LogP contribution in [0.5, 0.6) is 0 Å². The van der Waals surface area contributed by atoms with Crippen LogP contribution < -0.4 is 4.90 Å². The first-order valence-corrected chi connectivity index (χ1v) is 24.3. The standard InChI is InChI=1S/C68H44N2O/c1-2-22-49-46(20-1)44-61(52-25-6-5-23-50(49)52)57-30-11-14-35-63(57)69(62-34-13-10-29-56(62)59-32-19-33-60-58-31-12-18-39-67(58)71-68(59)60)47-42-40-45(41-43-47)48-21-3-4-24-51(48)53-26-7-15-36-64(53)70-65-37-16-8-27-54(65)55-28-9-17-38-66(55)70/h1-44H. The molecule has 2 heterocycles. The Labute approximate surface area is 411 Å². The number of hydrogen-bond donors (Lipinski definition) is 0. The third-order valence-electron chi connectivity index (χ3n) is 14.4. The molecule has 0 aliphatic rings. The van der Waals surface area contributed by atoms with Gasteiger partial charge in [0.25, 0.3) is 0 Å². The zero-order valence-electron chi connectivity index (χ0n) is 38.7. The van der Waals surface area contributed by atoms with Gasteiger partial charge in [0.2, 0.25) is 0 Å². The molecular formula is C68H44N2O. The van der Waals surface area contributed by atoms with E-state index in [0.717, 1.165) is 66.9 Å². The summed E-state index contributed by atoms with van der Waals surface area (Å²) in [6, 6.07) is 96.7. The molecule has 0 aliphatic carbocycles. The monoisotopic (exact) mass is 904 g/mol. The summed E-state index contributed by atoms with van der Waals surface area (Å²) in [5, 5.41) is 9.62. The summed E-state index contributed by atoms with van der Waals surface area (Å²) in [4.78, 5) is 2.45. The number of hydrogen-bond acceptors (Lipinski definition) is 2. The van der Waals surface area contributed by atoms with Gasteiger partial charge in [-0.15, -0.1) is 0 Å². The number of para-hydroxylation sites is 7. The van der Waals surface area contributed by atoms with Crippen molar-refractivity contribution in [1.82, 2.24) is 4.57 Å². The van der Waals surface area contributed by atoms with Crippen LogP contribution in [0.2, 0.25) is 0 Å². The van der Waals surface area contributed by atoms with E-state index < -0.39 is 0 Å². The van der Waals surface area contributed by atoms with Crippen molar-refractivity contribution in [1.29, 1.82) is 0 Å². The van der Waals surface area contributed by atoms with Crippen LogP contribution >= 0.6 is 0 Å². The molecule has 0 aliphatic heterocycles. The van der Waals surface area contributed by atoms with Crippen LogP contribution in [0, 0.1) is 0 Å². The lowest BCUT2D eigenvalue weighted by Gasteiger charge is -2.30. The van der Waals surface area contributed by atoms with Crippen LogP contribution in [0.1, 0.15) is 0 Å². The molecule has 0 fully saturated rings. The average Bonchev–Trinajstić information content (AvgIpc) is 4.00. The van der Waals surface area contributed by atoms with Gasteiger partial charge in [0.1, 0.15) is 11.2 Å². The number of furan rings is 1. The van der Waals surface area contributed by atoms with Gasteiger partial charge < -0.3 is 13.9 Å². The van der Waals surface area contributed by atoms with Gasteiger partial charge in [-0.1, -0.05) is 212 Å². The van der Waals surface area contributed by atoms with Crippen LogP contribution in [0.4, 0.5) is 17.1 Å². The molecule has 3 heteroatoms. The first-order chi connectivity index (χ1) is 35.3. The molecule has 0 spiro atoms. The number of aromatic nitrogens is 1. The molecule has 332 valence electrons. The first-order valence-electron chi connectivity index (χ1n) is 24.3. The predicted octanol–water partition coefficient (Wildman–Crippen LogP) is 19.1. The van der Waals surface area contributed by atoms with Gasteiger partial charge in [0.05, 0.1) is 28.1 Å². The van der Waals surface area contributed by atoms with Gasteiger partial charge in [0.15, 0.2) is 0 Å². The molecule has 0 saturated carbocycles. The second kappa shape index (κ2) is 16.7. The van der Waals surface area contributed by atoms with E-state index in [0.29, 0.717) is 0 Å². The Morgan fingerprint density at radius 3 is 1.51 bits per heavy atom. The molecule has 0 atom stereocenters. The van der Waals surface area contributed by atoms with Gasteiger partial charge in [-0.3, -0.25) is 0 Å².